The van der Waals surface area contributed by atoms with Gasteiger partial charge in [-0.1, -0.05) is 30.3 Å². The van der Waals surface area contributed by atoms with Crippen molar-refractivity contribution in [1.82, 2.24) is 20.1 Å². The summed E-state index contributed by atoms with van der Waals surface area (Å²) in [4.78, 5) is 34.9. The van der Waals surface area contributed by atoms with Crippen LogP contribution in [0.5, 0.6) is 0 Å². The van der Waals surface area contributed by atoms with Gasteiger partial charge in [0.05, 0.1) is 5.69 Å². The Labute approximate surface area is 175 Å². The number of fused-ring (bicyclic) bond motifs is 1. The third-order valence-electron chi connectivity index (χ3n) is 5.47. The number of hydrogen-bond donors (Lipinski definition) is 2. The van der Waals surface area contributed by atoms with Gasteiger partial charge in [-0.05, 0) is 31.7 Å². The molecule has 3 amide bonds. The first-order valence-corrected chi connectivity index (χ1v) is 11.0. The third-order valence-corrected chi connectivity index (χ3v) is 6.54. The lowest BCUT2D eigenvalue weighted by atomic mass is 10.2. The van der Waals surface area contributed by atoms with E-state index in [4.69, 9.17) is 0 Å². The van der Waals surface area contributed by atoms with Gasteiger partial charge in [-0.15, -0.1) is 11.3 Å². The van der Waals surface area contributed by atoms with Gasteiger partial charge in [0, 0.05) is 37.6 Å². The van der Waals surface area contributed by atoms with Crippen LogP contribution >= 0.6 is 11.3 Å². The van der Waals surface area contributed by atoms with Gasteiger partial charge in [0.2, 0.25) is 5.91 Å². The average molecular weight is 414 g/mol. The molecule has 2 N–H and O–H groups in total. The summed E-state index contributed by atoms with van der Waals surface area (Å²) in [5.74, 6) is -0.228. The van der Waals surface area contributed by atoms with Gasteiger partial charge in [0.25, 0.3) is 0 Å². The number of thiazole rings is 1. The summed E-state index contributed by atoms with van der Waals surface area (Å²) in [5.41, 5.74) is 2.39. The van der Waals surface area contributed by atoms with Crippen molar-refractivity contribution >= 4 is 28.4 Å². The highest BCUT2D eigenvalue weighted by molar-refractivity contribution is 7.15. The van der Waals surface area contributed by atoms with Gasteiger partial charge in [-0.2, -0.15) is 0 Å². The molecule has 0 unspecified atom stereocenters. The molecule has 1 aromatic heterocycles. The molecule has 2 heterocycles. The zero-order valence-electron chi connectivity index (χ0n) is 16.7. The number of hydrogen-bond acceptors (Lipinski definition) is 5. The second kappa shape index (κ2) is 8.92. The molecule has 2 aliphatic rings. The Morgan fingerprint density at radius 2 is 1.90 bits per heavy atom. The molecule has 1 atom stereocenters. The number of urea groups is 1. The normalized spacial score (nSPS) is 17.6. The maximum atomic E-state index is 12.5. The highest BCUT2D eigenvalue weighted by atomic mass is 32.1. The lowest BCUT2D eigenvalue weighted by Crippen LogP contribution is -2.54. The number of carbonyl (C=O) groups excluding carboxylic acids is 2. The van der Waals surface area contributed by atoms with Crippen LogP contribution in [0.25, 0.3) is 0 Å². The molecule has 0 saturated carbocycles. The first kappa shape index (κ1) is 19.8. The number of aryl methyl sites for hydroxylation is 2. The molecule has 4 rings (SSSR count). The van der Waals surface area contributed by atoms with Crippen LogP contribution in [0.4, 0.5) is 9.93 Å². The van der Waals surface area contributed by atoms with Gasteiger partial charge in [-0.25, -0.2) is 9.78 Å². The Kier molecular flexibility index (Phi) is 6.10. The van der Waals surface area contributed by atoms with Crippen molar-refractivity contribution in [1.29, 1.82) is 0 Å². The van der Waals surface area contributed by atoms with E-state index >= 15 is 0 Å². The van der Waals surface area contributed by atoms with E-state index in [1.54, 1.807) is 23.2 Å². The monoisotopic (exact) mass is 413 g/mol. The number of piperazine rings is 1. The summed E-state index contributed by atoms with van der Waals surface area (Å²) in [6, 6.07) is 9.56. The van der Waals surface area contributed by atoms with Crippen molar-refractivity contribution in [3.05, 3.63) is 46.5 Å². The SMILES string of the molecule is C[C@H](NC(=O)N1CCN(Cc2ccccc2)CC1)C(=O)Nc1nc2c(s1)CCC2. The maximum Gasteiger partial charge on any atom is 0.318 e. The number of nitrogens with one attached hydrogen (secondary N) is 2. The average Bonchev–Trinajstić information content (AvgIpc) is 3.31. The van der Waals surface area contributed by atoms with E-state index in [2.05, 4.69) is 32.7 Å². The van der Waals surface area contributed by atoms with Crippen molar-refractivity contribution in [2.45, 2.75) is 38.8 Å². The van der Waals surface area contributed by atoms with Crippen molar-refractivity contribution in [3.63, 3.8) is 0 Å². The number of rotatable bonds is 5. The van der Waals surface area contributed by atoms with Gasteiger partial charge in [-0.3, -0.25) is 9.69 Å². The minimum atomic E-state index is -0.608. The van der Waals surface area contributed by atoms with E-state index in [1.807, 2.05) is 18.2 Å². The topological polar surface area (TPSA) is 77.6 Å². The number of amides is 3. The molecule has 1 aromatic carbocycles. The molecule has 2 aromatic rings. The molecule has 1 saturated heterocycles. The second-order valence-electron chi connectivity index (χ2n) is 7.65. The van der Waals surface area contributed by atoms with Gasteiger partial charge < -0.3 is 15.5 Å². The van der Waals surface area contributed by atoms with Crippen molar-refractivity contribution in [2.24, 2.45) is 0 Å². The third kappa shape index (κ3) is 4.94. The van der Waals surface area contributed by atoms with Crippen LogP contribution < -0.4 is 10.6 Å². The van der Waals surface area contributed by atoms with Gasteiger partial charge in [0.15, 0.2) is 5.13 Å². The first-order chi connectivity index (χ1) is 14.1. The number of benzene rings is 1. The molecule has 8 heteroatoms. The largest absolute Gasteiger partial charge is 0.326 e. The number of carbonyl (C=O) groups is 2. The summed E-state index contributed by atoms with van der Waals surface area (Å²) in [6.07, 6.45) is 3.18. The van der Waals surface area contributed by atoms with Gasteiger partial charge >= 0.3 is 6.03 Å². The fourth-order valence-corrected chi connectivity index (χ4v) is 4.80. The Bertz CT molecular complexity index is 840. The van der Waals surface area contributed by atoms with Crippen LogP contribution in [-0.2, 0) is 24.2 Å². The molecular formula is C21H27N5O2S. The lowest BCUT2D eigenvalue weighted by Gasteiger charge is -2.35. The molecule has 1 fully saturated rings. The molecular weight excluding hydrogens is 386 g/mol. The Hall–Kier alpha value is -2.45. The van der Waals surface area contributed by atoms with Crippen molar-refractivity contribution in [3.8, 4) is 0 Å². The molecule has 7 nitrogen and oxygen atoms in total. The fourth-order valence-electron chi connectivity index (χ4n) is 3.75. The maximum absolute atomic E-state index is 12.5. The standard InChI is InChI=1S/C21H27N5O2S/c1-15(19(27)24-20-23-17-8-5-9-18(17)29-20)22-21(28)26-12-10-25(11-13-26)14-16-6-3-2-4-7-16/h2-4,6-7,15H,5,8-14H2,1H3,(H,22,28)(H,23,24,27)/t15-/m0/s1. The molecule has 0 radical (unpaired) electrons. The molecule has 1 aliphatic heterocycles. The van der Waals surface area contributed by atoms with E-state index in [-0.39, 0.29) is 11.9 Å². The predicted octanol–water partition coefficient (Wildman–Crippen LogP) is 2.49. The van der Waals surface area contributed by atoms with Gasteiger partial charge in [0.1, 0.15) is 6.04 Å². The molecule has 0 spiro atoms. The minimum absolute atomic E-state index is 0.186. The molecule has 1 aliphatic carbocycles. The van der Waals surface area contributed by atoms with E-state index in [9.17, 15) is 9.59 Å². The summed E-state index contributed by atoms with van der Waals surface area (Å²) >= 11 is 1.54. The van der Waals surface area contributed by atoms with E-state index in [0.29, 0.717) is 18.2 Å². The Morgan fingerprint density at radius 3 is 2.62 bits per heavy atom. The number of aromatic nitrogens is 1. The zero-order chi connectivity index (χ0) is 20.2. The summed E-state index contributed by atoms with van der Waals surface area (Å²) in [7, 11) is 0. The zero-order valence-corrected chi connectivity index (χ0v) is 17.5. The second-order valence-corrected chi connectivity index (χ2v) is 8.74. The van der Waals surface area contributed by atoms with Crippen molar-refractivity contribution in [2.75, 3.05) is 31.5 Å². The number of nitrogens with zero attached hydrogens (tertiary/aromatic N) is 3. The number of anilines is 1. The molecule has 29 heavy (non-hydrogen) atoms. The first-order valence-electron chi connectivity index (χ1n) is 10.2. The van der Waals surface area contributed by atoms with Crippen LogP contribution in [0.3, 0.4) is 0 Å². The molecule has 154 valence electrons. The van der Waals surface area contributed by atoms with E-state index in [1.165, 1.54) is 10.4 Å². The fraction of sp³-hybridized carbons (Fsp3) is 0.476. The quantitative estimate of drug-likeness (QED) is 0.790. The summed E-state index contributed by atoms with van der Waals surface area (Å²) in [5, 5.41) is 6.29. The van der Waals surface area contributed by atoms with Crippen LogP contribution in [0.2, 0.25) is 0 Å². The van der Waals surface area contributed by atoms with Crippen LogP contribution in [-0.4, -0.2) is 58.9 Å². The van der Waals surface area contributed by atoms with E-state index in [0.717, 1.165) is 44.6 Å². The van der Waals surface area contributed by atoms with Crippen molar-refractivity contribution < 1.29 is 9.59 Å². The van der Waals surface area contributed by atoms with Crippen LogP contribution in [0.1, 0.15) is 29.5 Å². The molecule has 0 bridgehead atoms. The highest BCUT2D eigenvalue weighted by Gasteiger charge is 2.25. The Balaban J connectivity index is 1.22. The Morgan fingerprint density at radius 1 is 1.14 bits per heavy atom. The van der Waals surface area contributed by atoms with Crippen LogP contribution in [0, 0.1) is 0 Å². The summed E-state index contributed by atoms with van der Waals surface area (Å²) < 4.78 is 0. The highest BCUT2D eigenvalue weighted by Crippen LogP contribution is 2.30. The summed E-state index contributed by atoms with van der Waals surface area (Å²) in [6.45, 7) is 5.58. The predicted molar refractivity (Wildman–Crippen MR) is 114 cm³/mol. The smallest absolute Gasteiger partial charge is 0.318 e. The lowest BCUT2D eigenvalue weighted by molar-refractivity contribution is -0.117. The van der Waals surface area contributed by atoms with E-state index < -0.39 is 6.04 Å². The van der Waals surface area contributed by atoms with Crippen LogP contribution in [0.15, 0.2) is 30.3 Å². The minimum Gasteiger partial charge on any atom is -0.326 e.